The van der Waals surface area contributed by atoms with Crippen molar-refractivity contribution in [2.24, 2.45) is 0 Å². The minimum atomic E-state index is -3.84. The van der Waals surface area contributed by atoms with Crippen LogP contribution >= 0.6 is 0 Å². The van der Waals surface area contributed by atoms with E-state index in [0.29, 0.717) is 11.4 Å². The van der Waals surface area contributed by atoms with Crippen LogP contribution in [-0.4, -0.2) is 58.6 Å². The Balaban J connectivity index is 2.33. The maximum atomic E-state index is 12.8. The number of hydrogen-bond acceptors (Lipinski definition) is 7. The summed E-state index contributed by atoms with van der Waals surface area (Å²) in [4.78, 5) is 24.8. The van der Waals surface area contributed by atoms with Crippen LogP contribution in [0.4, 0.5) is 16.2 Å². The van der Waals surface area contributed by atoms with E-state index in [-0.39, 0.29) is 21.9 Å². The van der Waals surface area contributed by atoms with E-state index in [1.165, 1.54) is 52.6 Å². The zero-order valence-electron chi connectivity index (χ0n) is 19.7. The first-order valence-corrected chi connectivity index (χ1v) is 11.3. The summed E-state index contributed by atoms with van der Waals surface area (Å²) in [5.41, 5.74) is 0.0470. The number of carbonyl (C=O) groups excluding carboxylic acids is 2. The van der Waals surface area contributed by atoms with Crippen molar-refractivity contribution in [2.75, 3.05) is 38.9 Å². The molecule has 0 aliphatic rings. The van der Waals surface area contributed by atoms with E-state index in [0.717, 1.165) is 4.31 Å². The molecule has 11 heteroatoms. The van der Waals surface area contributed by atoms with Gasteiger partial charge in [0.05, 0.1) is 19.9 Å². The Bertz CT molecular complexity index is 1140. The van der Waals surface area contributed by atoms with E-state index >= 15 is 0 Å². The molecule has 2 amide bonds. The number of rotatable bonds is 7. The predicted octanol–water partition coefficient (Wildman–Crippen LogP) is 3.55. The molecule has 33 heavy (non-hydrogen) atoms. The molecule has 0 fully saturated rings. The second kappa shape index (κ2) is 10.1. The molecule has 0 aromatic heterocycles. The van der Waals surface area contributed by atoms with Gasteiger partial charge in [-0.15, -0.1) is 0 Å². The molecule has 0 radical (unpaired) electrons. The highest BCUT2D eigenvalue weighted by atomic mass is 32.2. The van der Waals surface area contributed by atoms with Crippen molar-refractivity contribution in [3.63, 3.8) is 0 Å². The third kappa shape index (κ3) is 6.59. The summed E-state index contributed by atoms with van der Waals surface area (Å²) in [5, 5.41) is 5.27. The minimum Gasteiger partial charge on any atom is -0.495 e. The average molecular weight is 480 g/mol. The number of carbonyl (C=O) groups is 2. The lowest BCUT2D eigenvalue weighted by atomic mass is 10.2. The summed E-state index contributed by atoms with van der Waals surface area (Å²) >= 11 is 0. The number of benzene rings is 2. The molecule has 2 N–H and O–H groups in total. The molecule has 0 aliphatic heterocycles. The van der Waals surface area contributed by atoms with Crippen LogP contribution in [0, 0.1) is 0 Å². The van der Waals surface area contributed by atoms with Crippen LogP contribution in [0.1, 0.15) is 31.1 Å². The Kier molecular flexibility index (Phi) is 7.93. The topological polar surface area (TPSA) is 123 Å². The monoisotopic (exact) mass is 479 g/mol. The van der Waals surface area contributed by atoms with E-state index in [2.05, 4.69) is 10.6 Å². The first-order valence-electron chi connectivity index (χ1n) is 9.88. The lowest BCUT2D eigenvalue weighted by Gasteiger charge is -2.20. The van der Waals surface area contributed by atoms with Crippen LogP contribution in [-0.2, 0) is 14.8 Å². The summed E-state index contributed by atoms with van der Waals surface area (Å²) < 4.78 is 41.9. The maximum Gasteiger partial charge on any atom is 0.412 e. The number of methoxy groups -OCH3 is 2. The van der Waals surface area contributed by atoms with Gasteiger partial charge in [-0.1, -0.05) is 0 Å². The largest absolute Gasteiger partial charge is 0.495 e. The first kappa shape index (κ1) is 25.9. The van der Waals surface area contributed by atoms with Gasteiger partial charge in [0.1, 0.15) is 22.0 Å². The standard InChI is InChI=1S/C22H29N3O7S/c1-22(2,3)32-21(27)24-16-13-15(9-11-17(16)30-6)23-20(26)14-8-10-18(31-7)19(12-14)33(28,29)25(4)5/h8-13H,1-7H3,(H,23,26)(H,24,27). The van der Waals surface area contributed by atoms with E-state index in [4.69, 9.17) is 14.2 Å². The Morgan fingerprint density at radius 1 is 0.909 bits per heavy atom. The van der Waals surface area contributed by atoms with Gasteiger partial charge >= 0.3 is 6.09 Å². The van der Waals surface area contributed by atoms with Gasteiger partial charge in [0.25, 0.3) is 5.91 Å². The van der Waals surface area contributed by atoms with E-state index in [1.807, 2.05) is 0 Å². The smallest absolute Gasteiger partial charge is 0.412 e. The van der Waals surface area contributed by atoms with Crippen LogP contribution in [0.15, 0.2) is 41.3 Å². The number of ether oxygens (including phenoxy) is 3. The SMILES string of the molecule is COc1ccc(NC(=O)c2ccc(OC)c(S(=O)(=O)N(C)C)c2)cc1NC(=O)OC(C)(C)C. The zero-order chi connectivity index (χ0) is 25.0. The summed E-state index contributed by atoms with van der Waals surface area (Å²) in [5.74, 6) is -0.0718. The fourth-order valence-corrected chi connectivity index (χ4v) is 3.79. The highest BCUT2D eigenvalue weighted by Gasteiger charge is 2.24. The summed E-state index contributed by atoms with van der Waals surface area (Å²) in [6.45, 7) is 5.21. The number of nitrogens with zero attached hydrogens (tertiary/aromatic N) is 1. The second-order valence-electron chi connectivity index (χ2n) is 8.15. The van der Waals surface area contributed by atoms with E-state index < -0.39 is 27.6 Å². The summed E-state index contributed by atoms with van der Waals surface area (Å²) in [6, 6.07) is 8.76. The third-order valence-electron chi connectivity index (χ3n) is 4.28. The van der Waals surface area contributed by atoms with Gasteiger partial charge < -0.3 is 19.5 Å². The Hall–Kier alpha value is -3.31. The van der Waals surface area contributed by atoms with Crippen LogP contribution in [0.2, 0.25) is 0 Å². The molecule has 2 aromatic carbocycles. The number of hydrogen-bond donors (Lipinski definition) is 2. The minimum absolute atomic E-state index is 0.105. The number of amides is 2. The van der Waals surface area contributed by atoms with Gasteiger partial charge in [-0.05, 0) is 57.2 Å². The van der Waals surface area contributed by atoms with Crippen LogP contribution in [0.3, 0.4) is 0 Å². The maximum absolute atomic E-state index is 12.8. The molecule has 0 atom stereocenters. The van der Waals surface area contributed by atoms with Gasteiger partial charge in [0.2, 0.25) is 10.0 Å². The highest BCUT2D eigenvalue weighted by molar-refractivity contribution is 7.89. The second-order valence-corrected chi connectivity index (χ2v) is 10.3. The summed E-state index contributed by atoms with van der Waals surface area (Å²) in [7, 11) is 1.72. The van der Waals surface area contributed by atoms with Gasteiger partial charge in [-0.3, -0.25) is 10.1 Å². The average Bonchev–Trinajstić information content (AvgIpc) is 2.71. The molecule has 2 aromatic rings. The predicted molar refractivity (Wildman–Crippen MR) is 125 cm³/mol. The fourth-order valence-electron chi connectivity index (χ4n) is 2.72. The number of anilines is 2. The van der Waals surface area contributed by atoms with Gasteiger partial charge in [0, 0.05) is 25.3 Å². The molecule has 10 nitrogen and oxygen atoms in total. The summed E-state index contributed by atoms with van der Waals surface area (Å²) in [6.07, 6.45) is -0.682. The normalized spacial score (nSPS) is 11.6. The number of nitrogens with one attached hydrogen (secondary N) is 2. The highest BCUT2D eigenvalue weighted by Crippen LogP contribution is 2.30. The molecule has 180 valence electrons. The molecule has 2 rings (SSSR count). The molecular weight excluding hydrogens is 450 g/mol. The molecule has 0 saturated carbocycles. The van der Waals surface area contributed by atoms with E-state index in [9.17, 15) is 18.0 Å². The molecular formula is C22H29N3O7S. The van der Waals surface area contributed by atoms with Crippen LogP contribution in [0.5, 0.6) is 11.5 Å². The zero-order valence-corrected chi connectivity index (χ0v) is 20.5. The fraction of sp³-hybridized carbons (Fsp3) is 0.364. The Morgan fingerprint density at radius 3 is 2.06 bits per heavy atom. The van der Waals surface area contributed by atoms with Crippen molar-refractivity contribution >= 4 is 33.4 Å². The van der Waals surface area contributed by atoms with Crippen molar-refractivity contribution in [1.29, 1.82) is 0 Å². The Labute approximate surface area is 193 Å². The lowest BCUT2D eigenvalue weighted by Crippen LogP contribution is -2.27. The van der Waals surface area contributed by atoms with Crippen molar-refractivity contribution in [3.8, 4) is 11.5 Å². The number of sulfonamides is 1. The molecule has 0 heterocycles. The molecule has 0 aliphatic carbocycles. The van der Waals surface area contributed by atoms with Crippen molar-refractivity contribution in [2.45, 2.75) is 31.3 Å². The van der Waals surface area contributed by atoms with E-state index in [1.54, 1.807) is 32.9 Å². The van der Waals surface area contributed by atoms with Gasteiger partial charge in [-0.2, -0.15) is 0 Å². The van der Waals surface area contributed by atoms with Crippen molar-refractivity contribution in [1.82, 2.24) is 4.31 Å². The van der Waals surface area contributed by atoms with Gasteiger partial charge in [0.15, 0.2) is 0 Å². The van der Waals surface area contributed by atoms with Crippen LogP contribution < -0.4 is 20.1 Å². The Morgan fingerprint density at radius 2 is 1.52 bits per heavy atom. The molecule has 0 bridgehead atoms. The van der Waals surface area contributed by atoms with Crippen LogP contribution in [0.25, 0.3) is 0 Å². The van der Waals surface area contributed by atoms with Gasteiger partial charge in [-0.25, -0.2) is 17.5 Å². The first-order chi connectivity index (χ1) is 15.3. The molecule has 0 unspecified atom stereocenters. The quantitative estimate of drug-likeness (QED) is 0.622. The molecule has 0 spiro atoms. The van der Waals surface area contributed by atoms with Crippen molar-refractivity contribution in [3.05, 3.63) is 42.0 Å². The van der Waals surface area contributed by atoms with Crippen molar-refractivity contribution < 1.29 is 32.2 Å². The lowest BCUT2D eigenvalue weighted by molar-refractivity contribution is 0.0635. The third-order valence-corrected chi connectivity index (χ3v) is 6.11. The molecule has 0 saturated heterocycles.